The van der Waals surface area contributed by atoms with Crippen LogP contribution in [-0.2, 0) is 4.74 Å². The molecular formula is C20H14ClF2N3O2. The van der Waals surface area contributed by atoms with E-state index in [0.29, 0.717) is 29.2 Å². The predicted molar refractivity (Wildman–Crippen MR) is 103 cm³/mol. The van der Waals surface area contributed by atoms with Crippen LogP contribution in [0.5, 0.6) is 0 Å². The van der Waals surface area contributed by atoms with E-state index in [-0.39, 0.29) is 28.4 Å². The summed E-state index contributed by atoms with van der Waals surface area (Å²) in [6, 6.07) is 8.86. The van der Waals surface area contributed by atoms with E-state index in [1.807, 2.05) is 6.07 Å². The average Bonchev–Trinajstić information content (AvgIpc) is 2.63. The molecule has 1 saturated heterocycles. The molecule has 1 fully saturated rings. The topological polar surface area (TPSA) is 69.1 Å². The van der Waals surface area contributed by atoms with Gasteiger partial charge in [-0.15, -0.1) is 0 Å². The number of pyridine rings is 1. The summed E-state index contributed by atoms with van der Waals surface area (Å²) in [5.74, 6) is -1.68. The first-order valence-electron chi connectivity index (χ1n) is 8.45. The molecule has 142 valence electrons. The van der Waals surface area contributed by atoms with E-state index in [0.717, 1.165) is 6.07 Å². The van der Waals surface area contributed by atoms with Crippen LogP contribution in [0.4, 0.5) is 14.5 Å². The fourth-order valence-corrected chi connectivity index (χ4v) is 3.56. The number of methoxy groups -OCH3 is 1. The Morgan fingerprint density at radius 3 is 2.71 bits per heavy atom. The van der Waals surface area contributed by atoms with Crippen LogP contribution < -0.4 is 10.3 Å². The highest BCUT2D eigenvalue weighted by atomic mass is 35.5. The van der Waals surface area contributed by atoms with E-state index in [1.165, 1.54) is 36.3 Å². The number of benzene rings is 2. The average molecular weight is 402 g/mol. The Bertz CT molecular complexity index is 1200. The number of nitrogens with zero attached hydrogens (tertiary/aromatic N) is 2. The summed E-state index contributed by atoms with van der Waals surface area (Å²) >= 11 is 6.18. The Hall–Kier alpha value is -2.95. The van der Waals surface area contributed by atoms with Crippen LogP contribution in [0.1, 0.15) is 5.56 Å². The Labute approximate surface area is 163 Å². The van der Waals surface area contributed by atoms with Gasteiger partial charge in [0.05, 0.1) is 34.3 Å². The lowest BCUT2D eigenvalue weighted by Gasteiger charge is -2.40. The highest BCUT2D eigenvalue weighted by Gasteiger charge is 2.32. The largest absolute Gasteiger partial charge is 0.378 e. The second kappa shape index (κ2) is 6.89. The van der Waals surface area contributed by atoms with E-state index in [9.17, 15) is 9.18 Å². The Morgan fingerprint density at radius 2 is 2.04 bits per heavy atom. The Balaban J connectivity index is 1.87. The molecule has 3 aromatic rings. The van der Waals surface area contributed by atoms with E-state index in [4.69, 9.17) is 21.6 Å². The van der Waals surface area contributed by atoms with Gasteiger partial charge in [0.15, 0.2) is 17.1 Å². The molecule has 0 spiro atoms. The number of nitrogens with one attached hydrogen (secondary N) is 1. The summed E-state index contributed by atoms with van der Waals surface area (Å²) in [5.41, 5.74) is 0.195. The van der Waals surface area contributed by atoms with Crippen LogP contribution in [0.2, 0.25) is 5.02 Å². The zero-order chi connectivity index (χ0) is 20.0. The van der Waals surface area contributed by atoms with Crippen molar-refractivity contribution in [1.29, 1.82) is 5.26 Å². The standard InChI is InChI=1S/C20H14ClF2N3O2/c1-28-11-8-26(9-11)20-14(22)5-16-18(19(20)23)17(27)6-15(25-16)12-4-10(7-24)2-3-13(12)21/h2-6,11H,8-9H2,1H3,(H,25,27). The third-order valence-electron chi connectivity index (χ3n) is 4.87. The van der Waals surface area contributed by atoms with Gasteiger partial charge in [-0.25, -0.2) is 8.78 Å². The maximum absolute atomic E-state index is 15.0. The van der Waals surface area contributed by atoms with E-state index < -0.39 is 17.1 Å². The Morgan fingerprint density at radius 1 is 1.29 bits per heavy atom. The van der Waals surface area contributed by atoms with Gasteiger partial charge < -0.3 is 14.6 Å². The van der Waals surface area contributed by atoms with Crippen molar-refractivity contribution in [1.82, 2.24) is 4.98 Å². The number of H-pyrrole nitrogens is 1. The summed E-state index contributed by atoms with van der Waals surface area (Å²) in [7, 11) is 1.54. The quantitative estimate of drug-likeness (QED) is 0.724. The highest BCUT2D eigenvalue weighted by Crippen LogP contribution is 2.34. The van der Waals surface area contributed by atoms with Crippen molar-refractivity contribution < 1.29 is 13.5 Å². The van der Waals surface area contributed by atoms with Crippen LogP contribution in [0, 0.1) is 23.0 Å². The first kappa shape index (κ1) is 18.4. The van der Waals surface area contributed by atoms with Crippen molar-refractivity contribution in [2.45, 2.75) is 6.10 Å². The van der Waals surface area contributed by atoms with Crippen molar-refractivity contribution in [2.75, 3.05) is 25.1 Å². The molecule has 1 N–H and O–H groups in total. The lowest BCUT2D eigenvalue weighted by molar-refractivity contribution is 0.0780. The minimum atomic E-state index is -0.908. The molecule has 4 rings (SSSR count). The normalized spacial score (nSPS) is 14.2. The molecule has 8 heteroatoms. The molecule has 0 unspecified atom stereocenters. The lowest BCUT2D eigenvalue weighted by atomic mass is 10.0. The number of rotatable bonds is 3. The smallest absolute Gasteiger partial charge is 0.193 e. The predicted octanol–water partition coefficient (Wildman–Crippen LogP) is 3.83. The second-order valence-corrected chi connectivity index (χ2v) is 6.97. The van der Waals surface area contributed by atoms with E-state index >= 15 is 4.39 Å². The minimum absolute atomic E-state index is 0.0171. The summed E-state index contributed by atoms with van der Waals surface area (Å²) in [6.45, 7) is 0.699. The minimum Gasteiger partial charge on any atom is -0.378 e. The maximum Gasteiger partial charge on any atom is 0.193 e. The van der Waals surface area contributed by atoms with Gasteiger partial charge in [0.2, 0.25) is 0 Å². The van der Waals surface area contributed by atoms with Crippen LogP contribution in [0.15, 0.2) is 35.1 Å². The Kier molecular flexibility index (Phi) is 4.53. The molecule has 0 aliphatic carbocycles. The number of halogens is 3. The molecule has 0 radical (unpaired) electrons. The molecule has 0 saturated carbocycles. The summed E-state index contributed by atoms with van der Waals surface area (Å²) in [5, 5.41) is 9.14. The lowest BCUT2D eigenvalue weighted by Crippen LogP contribution is -2.52. The first-order valence-corrected chi connectivity index (χ1v) is 8.83. The SMILES string of the molecule is COC1CN(c2c(F)cc3[nH]c(-c4cc(C#N)ccc4Cl)cc(=O)c3c2F)C1. The molecular weight excluding hydrogens is 388 g/mol. The van der Waals surface area contributed by atoms with Crippen molar-refractivity contribution in [3.8, 4) is 17.3 Å². The van der Waals surface area contributed by atoms with Crippen molar-refractivity contribution in [3.63, 3.8) is 0 Å². The summed E-state index contributed by atoms with van der Waals surface area (Å²) in [6.07, 6.45) is -0.0929. The molecule has 0 bridgehead atoms. The molecule has 2 aromatic carbocycles. The number of hydrogen-bond donors (Lipinski definition) is 1. The third kappa shape index (κ3) is 2.91. The number of anilines is 1. The van der Waals surface area contributed by atoms with Crippen molar-refractivity contribution in [2.24, 2.45) is 0 Å². The van der Waals surface area contributed by atoms with Crippen LogP contribution >= 0.6 is 11.6 Å². The molecule has 1 aliphatic heterocycles. The number of fused-ring (bicyclic) bond motifs is 1. The van der Waals surface area contributed by atoms with Crippen molar-refractivity contribution >= 4 is 28.2 Å². The van der Waals surface area contributed by atoms with Gasteiger partial charge in [-0.2, -0.15) is 5.26 Å². The molecule has 2 heterocycles. The zero-order valence-electron chi connectivity index (χ0n) is 14.7. The molecule has 28 heavy (non-hydrogen) atoms. The summed E-state index contributed by atoms with van der Waals surface area (Å²) in [4.78, 5) is 17.0. The number of hydrogen-bond acceptors (Lipinski definition) is 4. The number of nitriles is 1. The maximum atomic E-state index is 15.0. The number of ether oxygens (including phenoxy) is 1. The monoisotopic (exact) mass is 401 g/mol. The number of aromatic nitrogens is 1. The van der Waals surface area contributed by atoms with E-state index in [2.05, 4.69) is 4.98 Å². The third-order valence-corrected chi connectivity index (χ3v) is 5.20. The van der Waals surface area contributed by atoms with Gasteiger partial charge in [-0.3, -0.25) is 4.79 Å². The first-order chi connectivity index (χ1) is 13.4. The van der Waals surface area contributed by atoms with Gasteiger partial charge >= 0.3 is 0 Å². The highest BCUT2D eigenvalue weighted by molar-refractivity contribution is 6.33. The molecule has 1 aromatic heterocycles. The number of aromatic amines is 1. The zero-order valence-corrected chi connectivity index (χ0v) is 15.5. The second-order valence-electron chi connectivity index (χ2n) is 6.56. The molecule has 5 nitrogen and oxygen atoms in total. The van der Waals surface area contributed by atoms with Gasteiger partial charge in [0.1, 0.15) is 5.69 Å². The fourth-order valence-electron chi connectivity index (χ4n) is 3.34. The van der Waals surface area contributed by atoms with Crippen LogP contribution in [0.25, 0.3) is 22.2 Å². The van der Waals surface area contributed by atoms with Crippen molar-refractivity contribution in [3.05, 3.63) is 62.8 Å². The van der Waals surface area contributed by atoms with Crippen LogP contribution in [-0.4, -0.2) is 31.3 Å². The molecule has 0 atom stereocenters. The fraction of sp³-hybridized carbons (Fsp3) is 0.200. The molecule has 1 aliphatic rings. The van der Waals surface area contributed by atoms with Gasteiger partial charge in [0.25, 0.3) is 0 Å². The van der Waals surface area contributed by atoms with E-state index in [1.54, 1.807) is 0 Å². The van der Waals surface area contributed by atoms with Crippen LogP contribution in [0.3, 0.4) is 0 Å². The molecule has 0 amide bonds. The van der Waals surface area contributed by atoms with Gasteiger partial charge in [-0.1, -0.05) is 11.6 Å². The van der Waals surface area contributed by atoms with Gasteiger partial charge in [-0.05, 0) is 18.2 Å². The summed E-state index contributed by atoms with van der Waals surface area (Å²) < 4.78 is 34.8. The van der Waals surface area contributed by atoms with Gasteiger partial charge in [0, 0.05) is 42.9 Å².